The van der Waals surface area contributed by atoms with Crippen LogP contribution >= 0.6 is 23.4 Å². The second-order valence-electron chi connectivity index (χ2n) is 9.89. The van der Waals surface area contributed by atoms with Gasteiger partial charge in [-0.2, -0.15) is 11.8 Å². The Bertz CT molecular complexity index is 1590. The van der Waals surface area contributed by atoms with E-state index in [4.69, 9.17) is 20.8 Å². The number of Topliss-reactive ketones (excluding diaryl/α,β-unsaturated/α-hetero) is 1. The van der Waals surface area contributed by atoms with E-state index in [-0.39, 0.29) is 41.3 Å². The van der Waals surface area contributed by atoms with Crippen molar-refractivity contribution in [2.45, 2.75) is 45.4 Å². The number of hydrogen-bond acceptors (Lipinski definition) is 7. The SMILES string of the molecule is CCSCCOC(=O)C1=C(C)NC2=C(C(=O)CC(c3ccccc3Cl)C2)C1c1coc2ccc(C)cc2c1=O. The maximum absolute atomic E-state index is 13.9. The summed E-state index contributed by atoms with van der Waals surface area (Å²) >= 11 is 8.15. The number of aryl methyl sites for hydroxylation is 1. The molecule has 0 amide bonds. The Morgan fingerprint density at radius 2 is 1.92 bits per heavy atom. The summed E-state index contributed by atoms with van der Waals surface area (Å²) in [6.45, 7) is 5.96. The van der Waals surface area contributed by atoms with E-state index in [1.807, 2.05) is 44.2 Å². The van der Waals surface area contributed by atoms with Crippen LogP contribution in [-0.2, 0) is 14.3 Å². The van der Waals surface area contributed by atoms with Gasteiger partial charge in [0.05, 0.1) is 23.1 Å². The first kappa shape index (κ1) is 27.3. The van der Waals surface area contributed by atoms with Gasteiger partial charge >= 0.3 is 5.97 Å². The summed E-state index contributed by atoms with van der Waals surface area (Å²) in [6.07, 6.45) is 2.13. The van der Waals surface area contributed by atoms with Crippen molar-refractivity contribution < 1.29 is 18.7 Å². The van der Waals surface area contributed by atoms with Gasteiger partial charge in [0.2, 0.25) is 0 Å². The molecular formula is C31H30ClNO5S. The van der Waals surface area contributed by atoms with Crippen molar-refractivity contribution in [3.63, 3.8) is 0 Å². The third-order valence-corrected chi connectivity index (χ3v) is 8.53. The predicted molar refractivity (Wildman–Crippen MR) is 155 cm³/mol. The molecule has 0 radical (unpaired) electrons. The zero-order chi connectivity index (χ0) is 27.7. The molecule has 0 saturated carbocycles. The fourth-order valence-electron chi connectivity index (χ4n) is 5.52. The summed E-state index contributed by atoms with van der Waals surface area (Å²) in [6, 6.07) is 12.9. The van der Waals surface area contributed by atoms with Gasteiger partial charge in [-0.3, -0.25) is 9.59 Å². The highest BCUT2D eigenvalue weighted by Crippen LogP contribution is 2.46. The Balaban J connectivity index is 1.63. The van der Waals surface area contributed by atoms with Crippen LogP contribution < -0.4 is 10.7 Å². The lowest BCUT2D eigenvalue weighted by Crippen LogP contribution is -2.37. The van der Waals surface area contributed by atoms with E-state index in [1.165, 1.54) is 6.26 Å². The largest absolute Gasteiger partial charge is 0.464 e. The molecule has 2 aromatic carbocycles. The Hall–Kier alpha value is -3.29. The first-order valence-corrected chi connectivity index (χ1v) is 14.6. The van der Waals surface area contributed by atoms with Crippen molar-refractivity contribution in [1.29, 1.82) is 0 Å². The number of hydrogen-bond donors (Lipinski definition) is 1. The van der Waals surface area contributed by atoms with Crippen LogP contribution in [0.3, 0.4) is 0 Å². The molecule has 2 unspecified atom stereocenters. The van der Waals surface area contributed by atoms with Gasteiger partial charge < -0.3 is 14.5 Å². The van der Waals surface area contributed by atoms with Crippen LogP contribution in [0.1, 0.15) is 55.2 Å². The molecule has 0 saturated heterocycles. The number of fused-ring (bicyclic) bond motifs is 1. The number of rotatable bonds is 7. The third-order valence-electron chi connectivity index (χ3n) is 7.32. The van der Waals surface area contributed by atoms with Crippen LogP contribution in [0.2, 0.25) is 5.02 Å². The molecule has 3 aromatic rings. The van der Waals surface area contributed by atoms with Gasteiger partial charge in [-0.15, -0.1) is 0 Å². The molecule has 2 aliphatic rings. The van der Waals surface area contributed by atoms with Crippen LogP contribution in [-0.4, -0.2) is 29.9 Å². The first-order valence-electron chi connectivity index (χ1n) is 13.1. The van der Waals surface area contributed by atoms with Crippen LogP contribution in [0.25, 0.3) is 11.0 Å². The van der Waals surface area contributed by atoms with Gasteiger partial charge in [0.1, 0.15) is 12.2 Å². The summed E-state index contributed by atoms with van der Waals surface area (Å²) < 4.78 is 11.5. The lowest BCUT2D eigenvalue weighted by Gasteiger charge is -2.36. The second-order valence-corrected chi connectivity index (χ2v) is 11.7. The topological polar surface area (TPSA) is 85.6 Å². The van der Waals surface area contributed by atoms with Crippen LogP contribution in [0.5, 0.6) is 0 Å². The molecular weight excluding hydrogens is 534 g/mol. The van der Waals surface area contributed by atoms with E-state index in [1.54, 1.807) is 30.8 Å². The summed E-state index contributed by atoms with van der Waals surface area (Å²) in [5.41, 5.74) is 4.18. The second kappa shape index (κ2) is 11.4. The van der Waals surface area contributed by atoms with Crippen molar-refractivity contribution in [1.82, 2.24) is 5.32 Å². The minimum atomic E-state index is -0.895. The fourth-order valence-corrected chi connectivity index (χ4v) is 6.30. The van der Waals surface area contributed by atoms with E-state index in [2.05, 4.69) is 5.32 Å². The molecule has 0 spiro atoms. The van der Waals surface area contributed by atoms with E-state index in [0.29, 0.717) is 45.1 Å². The Labute approximate surface area is 236 Å². The highest BCUT2D eigenvalue weighted by atomic mass is 35.5. The normalized spacial score (nSPS) is 19.2. The van der Waals surface area contributed by atoms with Gasteiger partial charge in [0, 0.05) is 39.7 Å². The monoisotopic (exact) mass is 563 g/mol. The number of benzene rings is 2. The van der Waals surface area contributed by atoms with Gasteiger partial charge in [0.25, 0.3) is 0 Å². The Kier molecular flexibility index (Phi) is 8.01. The average molecular weight is 564 g/mol. The van der Waals surface area contributed by atoms with E-state index in [9.17, 15) is 14.4 Å². The zero-order valence-corrected chi connectivity index (χ0v) is 23.7. The summed E-state index contributed by atoms with van der Waals surface area (Å²) in [7, 11) is 0. The number of thioether (sulfide) groups is 1. The van der Waals surface area contributed by atoms with Crippen LogP contribution in [0.15, 0.2) is 80.5 Å². The molecule has 202 valence electrons. The highest BCUT2D eigenvalue weighted by molar-refractivity contribution is 7.99. The van der Waals surface area contributed by atoms with Gasteiger partial charge in [-0.05, 0) is 55.7 Å². The molecule has 2 heterocycles. The maximum atomic E-state index is 13.9. The number of esters is 1. The molecule has 5 rings (SSSR count). The van der Waals surface area contributed by atoms with Gasteiger partial charge in [-0.1, -0.05) is 48.4 Å². The lowest BCUT2D eigenvalue weighted by atomic mass is 9.72. The number of dihydropyridines is 1. The van der Waals surface area contributed by atoms with E-state index in [0.717, 1.165) is 16.9 Å². The number of carbonyl (C=O) groups excluding carboxylic acids is 2. The summed E-state index contributed by atoms with van der Waals surface area (Å²) in [5.74, 6) is -0.122. The Morgan fingerprint density at radius 3 is 2.69 bits per heavy atom. The zero-order valence-electron chi connectivity index (χ0n) is 22.1. The van der Waals surface area contributed by atoms with Gasteiger partial charge in [0.15, 0.2) is 11.2 Å². The number of nitrogens with one attached hydrogen (secondary N) is 1. The Morgan fingerprint density at radius 1 is 1.13 bits per heavy atom. The van der Waals surface area contributed by atoms with Crippen molar-refractivity contribution in [2.75, 3.05) is 18.1 Å². The van der Waals surface area contributed by atoms with Crippen molar-refractivity contribution in [3.05, 3.63) is 103 Å². The van der Waals surface area contributed by atoms with Crippen molar-refractivity contribution in [2.24, 2.45) is 0 Å². The molecule has 39 heavy (non-hydrogen) atoms. The fraction of sp³-hybridized carbons (Fsp3) is 0.323. The lowest BCUT2D eigenvalue weighted by molar-refractivity contribution is -0.138. The standard InChI is InChI=1S/C31H30ClNO5S/c1-4-39-12-11-37-31(36)27-18(3)33-24-14-19(20-7-5-6-8-23(20)32)15-25(34)29(24)28(27)22-16-38-26-10-9-17(2)13-21(26)30(22)35/h5-10,13,16,19,28,33H,4,11-12,14-15H2,1-3H3. The average Bonchev–Trinajstić information content (AvgIpc) is 2.91. The van der Waals surface area contributed by atoms with E-state index < -0.39 is 11.9 Å². The number of halogens is 1. The minimum absolute atomic E-state index is 0.124. The molecule has 1 aromatic heterocycles. The smallest absolute Gasteiger partial charge is 0.336 e. The van der Waals surface area contributed by atoms with Gasteiger partial charge in [-0.25, -0.2) is 4.79 Å². The molecule has 6 nitrogen and oxygen atoms in total. The van der Waals surface area contributed by atoms with Crippen molar-refractivity contribution >= 4 is 46.1 Å². The molecule has 1 aliphatic carbocycles. The maximum Gasteiger partial charge on any atom is 0.336 e. The number of carbonyl (C=O) groups is 2. The molecule has 0 fully saturated rings. The number of ketones is 1. The van der Waals surface area contributed by atoms with Crippen LogP contribution in [0, 0.1) is 6.92 Å². The van der Waals surface area contributed by atoms with Crippen molar-refractivity contribution in [3.8, 4) is 0 Å². The quantitative estimate of drug-likeness (QED) is 0.262. The molecule has 0 bridgehead atoms. The molecule has 1 N–H and O–H groups in total. The first-order chi connectivity index (χ1) is 18.8. The number of ether oxygens (including phenoxy) is 1. The third kappa shape index (κ3) is 5.30. The number of allylic oxidation sites excluding steroid dienone is 3. The minimum Gasteiger partial charge on any atom is -0.464 e. The highest BCUT2D eigenvalue weighted by Gasteiger charge is 2.43. The molecule has 1 aliphatic heterocycles. The van der Waals surface area contributed by atoms with E-state index >= 15 is 0 Å². The molecule has 2 atom stereocenters. The predicted octanol–water partition coefficient (Wildman–Crippen LogP) is 6.41. The van der Waals surface area contributed by atoms with Crippen LogP contribution in [0.4, 0.5) is 0 Å². The summed E-state index contributed by atoms with van der Waals surface area (Å²) in [5, 5.41) is 4.34. The summed E-state index contributed by atoms with van der Waals surface area (Å²) in [4.78, 5) is 41.2. The molecule has 8 heteroatoms.